The molecule has 7 nitrogen and oxygen atoms in total. The number of nitrogens with two attached hydrogens (primary N) is 1. The molecule has 31 heavy (non-hydrogen) atoms. The Balaban J connectivity index is 1.80. The van der Waals surface area contributed by atoms with E-state index in [-0.39, 0.29) is 23.5 Å². The molecule has 0 radical (unpaired) electrons. The molecule has 2 fully saturated rings. The number of rotatable bonds is 6. The van der Waals surface area contributed by atoms with Gasteiger partial charge in [0.25, 0.3) is 5.91 Å². The molecular formula is C21H32F3N5O2. The van der Waals surface area contributed by atoms with E-state index in [4.69, 9.17) is 10.5 Å². The summed E-state index contributed by atoms with van der Waals surface area (Å²) >= 11 is 0. The van der Waals surface area contributed by atoms with Gasteiger partial charge in [-0.15, -0.1) is 0 Å². The number of nitrogens with one attached hydrogen (secondary N) is 2. The second-order valence-corrected chi connectivity index (χ2v) is 8.47. The second kappa shape index (κ2) is 10.1. The van der Waals surface area contributed by atoms with Crippen LogP contribution in [0.1, 0.15) is 61.4 Å². The Labute approximate surface area is 180 Å². The van der Waals surface area contributed by atoms with E-state index in [1.165, 1.54) is 19.3 Å². The lowest BCUT2D eigenvalue weighted by Gasteiger charge is -2.41. The molecular weight excluding hydrogens is 411 g/mol. The van der Waals surface area contributed by atoms with Gasteiger partial charge in [0.1, 0.15) is 5.82 Å². The quantitative estimate of drug-likeness (QED) is 0.586. The molecule has 3 unspecified atom stereocenters. The van der Waals surface area contributed by atoms with Crippen LogP contribution in [-0.2, 0) is 10.9 Å². The van der Waals surface area contributed by atoms with Crippen LogP contribution < -0.4 is 21.3 Å². The first kappa shape index (κ1) is 23.7. The summed E-state index contributed by atoms with van der Waals surface area (Å²) in [5, 5.41) is 6.17. The Bertz CT molecular complexity index is 753. The van der Waals surface area contributed by atoms with E-state index in [1.54, 1.807) is 14.0 Å². The summed E-state index contributed by atoms with van der Waals surface area (Å²) in [6.07, 6.45) is 2.08. The third-order valence-corrected chi connectivity index (χ3v) is 6.01. The molecule has 1 aromatic rings. The number of anilines is 1. The predicted octanol–water partition coefficient (Wildman–Crippen LogP) is 2.65. The van der Waals surface area contributed by atoms with Crippen LogP contribution in [0.5, 0.6) is 0 Å². The number of aromatic nitrogens is 1. The first-order chi connectivity index (χ1) is 14.7. The predicted molar refractivity (Wildman–Crippen MR) is 112 cm³/mol. The number of halogens is 3. The highest BCUT2D eigenvalue weighted by Crippen LogP contribution is 2.32. The highest BCUT2D eigenvalue weighted by atomic mass is 19.4. The van der Waals surface area contributed by atoms with Crippen LogP contribution in [0, 0.1) is 0 Å². The van der Waals surface area contributed by atoms with E-state index in [1.807, 2.05) is 4.90 Å². The molecule has 1 aromatic heterocycles. The smallest absolute Gasteiger partial charge is 0.378 e. The van der Waals surface area contributed by atoms with Crippen molar-refractivity contribution in [3.05, 3.63) is 23.4 Å². The van der Waals surface area contributed by atoms with Gasteiger partial charge in [-0.1, -0.05) is 19.3 Å². The third-order valence-electron chi connectivity index (χ3n) is 6.01. The van der Waals surface area contributed by atoms with Crippen molar-refractivity contribution in [3.8, 4) is 0 Å². The first-order valence-corrected chi connectivity index (χ1v) is 10.9. The topological polar surface area (TPSA) is 92.5 Å². The van der Waals surface area contributed by atoms with Crippen molar-refractivity contribution < 1.29 is 22.7 Å². The van der Waals surface area contributed by atoms with E-state index in [9.17, 15) is 18.0 Å². The van der Waals surface area contributed by atoms with Crippen LogP contribution in [0.4, 0.5) is 19.0 Å². The van der Waals surface area contributed by atoms with Gasteiger partial charge in [-0.3, -0.25) is 4.79 Å². The Morgan fingerprint density at radius 2 is 2.00 bits per heavy atom. The van der Waals surface area contributed by atoms with Crippen molar-refractivity contribution in [1.29, 1.82) is 0 Å². The number of ether oxygens (including phenoxy) is 1. The van der Waals surface area contributed by atoms with Crippen molar-refractivity contribution in [1.82, 2.24) is 15.6 Å². The largest absolute Gasteiger partial charge is 0.417 e. The molecule has 1 amide bonds. The molecule has 10 heteroatoms. The van der Waals surface area contributed by atoms with Crippen LogP contribution in [0.25, 0.3) is 0 Å². The fourth-order valence-electron chi connectivity index (χ4n) is 4.43. The fourth-order valence-corrected chi connectivity index (χ4v) is 4.43. The SMILES string of the molecule is COC1CN(c2ncc(C(F)(F)F)cc2C(=O)NC(C)N)CCC1NC1CCCCC1. The van der Waals surface area contributed by atoms with Crippen molar-refractivity contribution in [2.45, 2.75) is 76.0 Å². The number of carbonyl (C=O) groups is 1. The van der Waals surface area contributed by atoms with Gasteiger partial charge in [0.05, 0.1) is 23.4 Å². The molecule has 0 aromatic carbocycles. The van der Waals surface area contributed by atoms with E-state index in [0.29, 0.717) is 19.1 Å². The number of pyridine rings is 1. The maximum atomic E-state index is 13.2. The standard InChI is InChI=1S/C21H32F3N5O2/c1-13(25)27-20(30)16-10-14(21(22,23)24)11-26-19(16)29-9-8-17(18(12-29)31-2)28-15-6-4-3-5-7-15/h10-11,13,15,17-18,28H,3-9,12,25H2,1-2H3,(H,27,30). The van der Waals surface area contributed by atoms with Crippen LogP contribution in [-0.4, -0.2) is 55.4 Å². The maximum absolute atomic E-state index is 13.2. The number of hydrogen-bond donors (Lipinski definition) is 3. The van der Waals surface area contributed by atoms with Gasteiger partial charge in [-0.2, -0.15) is 13.2 Å². The molecule has 1 aliphatic heterocycles. The average Bonchev–Trinajstić information content (AvgIpc) is 2.73. The van der Waals surface area contributed by atoms with Gasteiger partial charge >= 0.3 is 6.18 Å². The van der Waals surface area contributed by atoms with Crippen LogP contribution >= 0.6 is 0 Å². The molecule has 1 saturated carbocycles. The third kappa shape index (κ3) is 6.08. The normalized spacial score (nSPS) is 24.1. The van der Waals surface area contributed by atoms with Crippen LogP contribution in [0.15, 0.2) is 12.3 Å². The number of hydrogen-bond acceptors (Lipinski definition) is 6. The summed E-state index contributed by atoms with van der Waals surface area (Å²) in [5.74, 6) is -0.468. The molecule has 1 aliphatic carbocycles. The highest BCUT2D eigenvalue weighted by Gasteiger charge is 2.36. The number of alkyl halides is 3. The van der Waals surface area contributed by atoms with Gasteiger partial charge in [0.15, 0.2) is 0 Å². The minimum atomic E-state index is -4.60. The molecule has 3 atom stereocenters. The molecule has 2 aliphatic rings. The Hall–Kier alpha value is -1.91. The summed E-state index contributed by atoms with van der Waals surface area (Å²) in [7, 11) is 1.63. The summed E-state index contributed by atoms with van der Waals surface area (Å²) in [4.78, 5) is 18.5. The Kier molecular flexibility index (Phi) is 7.77. The van der Waals surface area contributed by atoms with Crippen LogP contribution in [0.3, 0.4) is 0 Å². The first-order valence-electron chi connectivity index (χ1n) is 10.9. The number of piperidine rings is 1. The molecule has 3 rings (SSSR count). The molecule has 1 saturated heterocycles. The van der Waals surface area contributed by atoms with E-state index < -0.39 is 23.8 Å². The van der Waals surface area contributed by atoms with E-state index in [2.05, 4.69) is 15.6 Å². The van der Waals surface area contributed by atoms with Crippen molar-refractivity contribution in [2.75, 3.05) is 25.1 Å². The summed E-state index contributed by atoms with van der Waals surface area (Å²) in [6, 6.07) is 1.47. The zero-order valence-corrected chi connectivity index (χ0v) is 18.0. The van der Waals surface area contributed by atoms with Crippen LogP contribution in [0.2, 0.25) is 0 Å². The van der Waals surface area contributed by atoms with Crippen molar-refractivity contribution in [3.63, 3.8) is 0 Å². The molecule has 0 bridgehead atoms. The Morgan fingerprint density at radius 3 is 2.61 bits per heavy atom. The minimum Gasteiger partial charge on any atom is -0.378 e. The molecule has 2 heterocycles. The maximum Gasteiger partial charge on any atom is 0.417 e. The fraction of sp³-hybridized carbons (Fsp3) is 0.714. The lowest BCUT2D eigenvalue weighted by atomic mass is 9.92. The van der Waals surface area contributed by atoms with Gasteiger partial charge < -0.3 is 26.0 Å². The number of methoxy groups -OCH3 is 1. The van der Waals surface area contributed by atoms with Crippen molar-refractivity contribution in [2.24, 2.45) is 5.73 Å². The Morgan fingerprint density at radius 1 is 1.29 bits per heavy atom. The zero-order chi connectivity index (χ0) is 22.6. The van der Waals surface area contributed by atoms with Crippen molar-refractivity contribution >= 4 is 11.7 Å². The lowest BCUT2D eigenvalue weighted by Crippen LogP contribution is -2.56. The monoisotopic (exact) mass is 443 g/mol. The number of nitrogens with zero attached hydrogens (tertiary/aromatic N) is 2. The van der Waals surface area contributed by atoms with Gasteiger partial charge in [0, 0.05) is 38.5 Å². The van der Waals surface area contributed by atoms with E-state index >= 15 is 0 Å². The summed E-state index contributed by atoms with van der Waals surface area (Å²) < 4.78 is 45.4. The summed E-state index contributed by atoms with van der Waals surface area (Å²) in [6.45, 7) is 2.53. The molecule has 174 valence electrons. The highest BCUT2D eigenvalue weighted by molar-refractivity contribution is 5.99. The molecule has 0 spiro atoms. The second-order valence-electron chi connectivity index (χ2n) is 8.47. The van der Waals surface area contributed by atoms with Gasteiger partial charge in [-0.25, -0.2) is 4.98 Å². The summed E-state index contributed by atoms with van der Waals surface area (Å²) in [5.41, 5.74) is 4.51. The molecule has 4 N–H and O–H groups in total. The number of amides is 1. The van der Waals surface area contributed by atoms with Gasteiger partial charge in [-0.05, 0) is 32.3 Å². The lowest BCUT2D eigenvalue weighted by molar-refractivity contribution is -0.137. The van der Waals surface area contributed by atoms with Gasteiger partial charge in [0.2, 0.25) is 0 Å². The minimum absolute atomic E-state index is 0.138. The average molecular weight is 444 g/mol. The van der Waals surface area contributed by atoms with E-state index in [0.717, 1.165) is 31.5 Å². The zero-order valence-electron chi connectivity index (χ0n) is 18.0. The number of carbonyl (C=O) groups excluding carboxylic acids is 1.